The third kappa shape index (κ3) is 3.80. The standard InChI is InChI=1S/C9H9I3N2/c1-14(2)5-13-9-7(11)3-6(10)4-8(9)12/h3-5H,1-2H3. The molecule has 0 aromatic heterocycles. The van der Waals surface area contributed by atoms with Gasteiger partial charge in [-0.25, -0.2) is 4.99 Å². The minimum atomic E-state index is 1.06. The second-order valence-electron chi connectivity index (χ2n) is 2.93. The van der Waals surface area contributed by atoms with Crippen LogP contribution in [0.25, 0.3) is 0 Å². The van der Waals surface area contributed by atoms with Gasteiger partial charge in [-0.1, -0.05) is 0 Å². The first kappa shape index (κ1) is 12.9. The Morgan fingerprint density at radius 2 is 1.64 bits per heavy atom. The zero-order valence-corrected chi connectivity index (χ0v) is 14.2. The summed E-state index contributed by atoms with van der Waals surface area (Å²) in [7, 11) is 3.94. The van der Waals surface area contributed by atoms with Gasteiger partial charge in [0.05, 0.1) is 12.0 Å². The molecule has 1 aromatic rings. The molecular weight excluding hydrogens is 517 g/mol. The normalized spacial score (nSPS) is 10.9. The lowest BCUT2D eigenvalue weighted by Gasteiger charge is -2.06. The van der Waals surface area contributed by atoms with Gasteiger partial charge in [0.25, 0.3) is 0 Å². The lowest BCUT2D eigenvalue weighted by molar-refractivity contribution is 0.643. The summed E-state index contributed by atoms with van der Waals surface area (Å²) >= 11 is 6.95. The molecule has 14 heavy (non-hydrogen) atoms. The van der Waals surface area contributed by atoms with Crippen LogP contribution in [0.4, 0.5) is 5.69 Å². The maximum atomic E-state index is 4.43. The summed E-state index contributed by atoms with van der Waals surface area (Å²) in [6.07, 6.45) is 1.83. The van der Waals surface area contributed by atoms with Crippen LogP contribution in [0.2, 0.25) is 0 Å². The van der Waals surface area contributed by atoms with E-state index in [9.17, 15) is 0 Å². The smallest absolute Gasteiger partial charge is 0.0914 e. The Balaban J connectivity index is 3.09. The van der Waals surface area contributed by atoms with Gasteiger partial charge in [0.15, 0.2) is 0 Å². The number of hydrogen-bond acceptors (Lipinski definition) is 1. The van der Waals surface area contributed by atoms with Crippen LogP contribution >= 0.6 is 67.8 Å². The van der Waals surface area contributed by atoms with Crippen LogP contribution in [0.5, 0.6) is 0 Å². The third-order valence-corrected chi connectivity index (χ3v) is 3.67. The summed E-state index contributed by atoms with van der Waals surface area (Å²) in [5.74, 6) is 0. The molecule has 0 fully saturated rings. The second-order valence-corrected chi connectivity index (χ2v) is 6.50. The highest BCUT2D eigenvalue weighted by Gasteiger charge is 2.04. The van der Waals surface area contributed by atoms with E-state index in [0.29, 0.717) is 0 Å². The number of halogens is 3. The van der Waals surface area contributed by atoms with Crippen LogP contribution < -0.4 is 0 Å². The van der Waals surface area contributed by atoms with Gasteiger partial charge in [0.1, 0.15) is 0 Å². The highest BCUT2D eigenvalue weighted by molar-refractivity contribution is 14.1. The van der Waals surface area contributed by atoms with Crippen molar-refractivity contribution in [1.29, 1.82) is 0 Å². The van der Waals surface area contributed by atoms with Crippen molar-refractivity contribution in [2.75, 3.05) is 14.1 Å². The summed E-state index contributed by atoms with van der Waals surface area (Å²) in [4.78, 5) is 6.36. The molecule has 2 nitrogen and oxygen atoms in total. The van der Waals surface area contributed by atoms with Crippen LogP contribution in [0.3, 0.4) is 0 Å². The molecule has 0 atom stereocenters. The molecule has 0 aliphatic heterocycles. The SMILES string of the molecule is CN(C)C=Nc1c(I)cc(I)cc1I. The van der Waals surface area contributed by atoms with Crippen LogP contribution in [-0.2, 0) is 0 Å². The lowest BCUT2D eigenvalue weighted by atomic mass is 10.3. The predicted octanol–water partition coefficient (Wildman–Crippen LogP) is 3.72. The Morgan fingerprint density at radius 1 is 1.14 bits per heavy atom. The lowest BCUT2D eigenvalue weighted by Crippen LogP contribution is -2.07. The number of hydrogen-bond donors (Lipinski definition) is 0. The van der Waals surface area contributed by atoms with E-state index in [4.69, 9.17) is 0 Å². The van der Waals surface area contributed by atoms with Gasteiger partial charge < -0.3 is 4.90 Å². The van der Waals surface area contributed by atoms with Crippen LogP contribution in [0, 0.1) is 10.7 Å². The Hall–Kier alpha value is 0.880. The van der Waals surface area contributed by atoms with Gasteiger partial charge in [-0.15, -0.1) is 0 Å². The average molecular weight is 526 g/mol. The van der Waals surface area contributed by atoms with Crippen molar-refractivity contribution in [2.45, 2.75) is 0 Å². The van der Waals surface area contributed by atoms with Crippen LogP contribution in [0.1, 0.15) is 0 Å². The molecule has 0 heterocycles. The maximum absolute atomic E-state index is 4.43. The molecule has 0 amide bonds. The van der Waals surface area contributed by atoms with Crippen molar-refractivity contribution in [3.05, 3.63) is 22.8 Å². The topological polar surface area (TPSA) is 15.6 Å². The van der Waals surface area contributed by atoms with Gasteiger partial charge >= 0.3 is 0 Å². The fourth-order valence-corrected chi connectivity index (χ4v) is 4.69. The molecule has 0 saturated carbocycles. The molecule has 1 rings (SSSR count). The predicted molar refractivity (Wildman–Crippen MR) is 86.4 cm³/mol. The van der Waals surface area contributed by atoms with Crippen LogP contribution in [-0.4, -0.2) is 25.3 Å². The van der Waals surface area contributed by atoms with Crippen molar-refractivity contribution >= 4 is 79.8 Å². The number of aliphatic imine (C=N–C) groups is 1. The van der Waals surface area contributed by atoms with E-state index in [0.717, 1.165) is 5.69 Å². The summed E-state index contributed by atoms with van der Waals surface area (Å²) in [5.41, 5.74) is 1.06. The van der Waals surface area contributed by atoms with Crippen LogP contribution in [0.15, 0.2) is 17.1 Å². The zero-order valence-electron chi connectivity index (χ0n) is 7.76. The fourth-order valence-electron chi connectivity index (χ4n) is 0.831. The number of rotatable bonds is 2. The first-order valence-electron chi connectivity index (χ1n) is 3.86. The molecule has 0 radical (unpaired) electrons. The van der Waals surface area contributed by atoms with Gasteiger partial charge in [0.2, 0.25) is 0 Å². The van der Waals surface area contributed by atoms with Crippen molar-refractivity contribution in [3.63, 3.8) is 0 Å². The highest BCUT2D eigenvalue weighted by atomic mass is 127. The van der Waals surface area contributed by atoms with E-state index in [1.165, 1.54) is 10.7 Å². The molecular formula is C9H9I3N2. The van der Waals surface area contributed by atoms with Crippen molar-refractivity contribution in [2.24, 2.45) is 4.99 Å². The first-order valence-corrected chi connectivity index (χ1v) is 7.09. The van der Waals surface area contributed by atoms with Crippen molar-refractivity contribution < 1.29 is 0 Å². The Bertz CT molecular complexity index is 338. The van der Waals surface area contributed by atoms with E-state index in [2.05, 4.69) is 84.9 Å². The van der Waals surface area contributed by atoms with Crippen molar-refractivity contribution in [3.8, 4) is 0 Å². The number of nitrogens with zero attached hydrogens (tertiary/aromatic N) is 2. The van der Waals surface area contributed by atoms with Gasteiger partial charge in [-0.05, 0) is 79.9 Å². The molecule has 0 N–H and O–H groups in total. The van der Waals surface area contributed by atoms with Gasteiger partial charge in [0, 0.05) is 24.8 Å². The molecule has 0 saturated heterocycles. The minimum absolute atomic E-state index is 1.06. The Morgan fingerprint density at radius 3 is 2.07 bits per heavy atom. The molecule has 1 aromatic carbocycles. The molecule has 0 spiro atoms. The molecule has 0 aliphatic carbocycles. The summed E-state index contributed by atoms with van der Waals surface area (Å²) in [6, 6.07) is 4.26. The van der Waals surface area contributed by atoms with E-state index in [-0.39, 0.29) is 0 Å². The van der Waals surface area contributed by atoms with E-state index >= 15 is 0 Å². The van der Waals surface area contributed by atoms with Crippen molar-refractivity contribution in [1.82, 2.24) is 4.90 Å². The third-order valence-electron chi connectivity index (χ3n) is 1.40. The molecule has 0 bridgehead atoms. The largest absolute Gasteiger partial charge is 0.369 e. The summed E-state index contributed by atoms with van der Waals surface area (Å²) in [5, 5.41) is 0. The monoisotopic (exact) mass is 526 g/mol. The van der Waals surface area contributed by atoms with E-state index in [1.54, 1.807) is 0 Å². The second kappa shape index (κ2) is 5.83. The fraction of sp³-hybridized carbons (Fsp3) is 0.222. The average Bonchev–Trinajstić information content (AvgIpc) is 2.01. The molecule has 0 aliphatic rings. The van der Waals surface area contributed by atoms with Gasteiger partial charge in [-0.2, -0.15) is 0 Å². The summed E-state index contributed by atoms with van der Waals surface area (Å²) < 4.78 is 3.63. The van der Waals surface area contributed by atoms with E-state index in [1.807, 2.05) is 25.3 Å². The maximum Gasteiger partial charge on any atom is 0.0914 e. The molecule has 76 valence electrons. The van der Waals surface area contributed by atoms with Gasteiger partial charge in [-0.3, -0.25) is 0 Å². The number of benzene rings is 1. The summed E-state index contributed by atoms with van der Waals surface area (Å²) in [6.45, 7) is 0. The van der Waals surface area contributed by atoms with E-state index < -0.39 is 0 Å². The zero-order chi connectivity index (χ0) is 10.7. The Labute approximate surface area is 125 Å². The first-order chi connectivity index (χ1) is 6.50. The highest BCUT2D eigenvalue weighted by Crippen LogP contribution is 2.29. The Kier molecular flexibility index (Phi) is 5.39. The molecule has 5 heteroatoms. The quantitative estimate of drug-likeness (QED) is 0.326. The molecule has 0 unspecified atom stereocenters. The minimum Gasteiger partial charge on any atom is -0.369 e.